The zero-order valence-corrected chi connectivity index (χ0v) is 13.4. The number of amides is 2. The van der Waals surface area contributed by atoms with Crippen molar-refractivity contribution in [2.24, 2.45) is 5.73 Å². The van der Waals surface area contributed by atoms with Crippen molar-refractivity contribution in [2.45, 2.75) is 25.8 Å². The number of ether oxygens (including phenoxy) is 1. The number of hydrogen-bond acceptors (Lipinski definition) is 4. The molecule has 3 N–H and O–H groups in total. The predicted octanol–water partition coefficient (Wildman–Crippen LogP) is 1.08. The molecular formula is C15H22ClN3O3. The third kappa shape index (κ3) is 4.89. The molecule has 1 saturated heterocycles. The van der Waals surface area contributed by atoms with Crippen LogP contribution < -0.4 is 20.7 Å². The first-order valence-corrected chi connectivity index (χ1v) is 7.13. The highest BCUT2D eigenvalue weighted by atomic mass is 35.5. The van der Waals surface area contributed by atoms with Crippen molar-refractivity contribution in [1.82, 2.24) is 5.32 Å². The van der Waals surface area contributed by atoms with E-state index in [0.717, 1.165) is 18.7 Å². The van der Waals surface area contributed by atoms with Crippen molar-refractivity contribution in [3.63, 3.8) is 0 Å². The number of hydrogen-bond donors (Lipinski definition) is 2. The van der Waals surface area contributed by atoms with E-state index in [1.807, 2.05) is 19.1 Å². The molecule has 2 amide bonds. The summed E-state index contributed by atoms with van der Waals surface area (Å²) in [6.07, 6.45) is 1.47. The number of benzene rings is 1. The van der Waals surface area contributed by atoms with E-state index in [2.05, 4.69) is 5.32 Å². The Bertz CT molecular complexity index is 525. The van der Waals surface area contributed by atoms with E-state index in [0.29, 0.717) is 18.7 Å². The van der Waals surface area contributed by atoms with Gasteiger partial charge in [-0.2, -0.15) is 0 Å². The lowest BCUT2D eigenvalue weighted by molar-refractivity contribution is -0.123. The summed E-state index contributed by atoms with van der Waals surface area (Å²) < 4.78 is 5.46. The molecule has 0 aliphatic carbocycles. The van der Waals surface area contributed by atoms with Gasteiger partial charge in [-0.1, -0.05) is 6.07 Å². The van der Waals surface area contributed by atoms with Gasteiger partial charge in [0.1, 0.15) is 5.75 Å². The molecule has 0 aromatic heterocycles. The molecule has 22 heavy (non-hydrogen) atoms. The fourth-order valence-electron chi connectivity index (χ4n) is 2.19. The molecule has 0 saturated carbocycles. The maximum atomic E-state index is 11.7. The molecule has 1 aliphatic heterocycles. The lowest BCUT2D eigenvalue weighted by Gasteiger charge is -2.17. The maximum absolute atomic E-state index is 11.7. The molecule has 1 aromatic carbocycles. The second kappa shape index (κ2) is 8.60. The number of nitrogens with two attached hydrogens (primary N) is 1. The number of nitrogens with one attached hydrogen (secondary N) is 1. The van der Waals surface area contributed by atoms with Crippen LogP contribution in [0.4, 0.5) is 5.69 Å². The maximum Gasteiger partial charge on any atom is 0.258 e. The van der Waals surface area contributed by atoms with Crippen LogP contribution in [0.2, 0.25) is 0 Å². The van der Waals surface area contributed by atoms with Crippen LogP contribution in [-0.2, 0) is 9.59 Å². The molecule has 1 fully saturated rings. The fourth-order valence-corrected chi connectivity index (χ4v) is 2.19. The summed E-state index contributed by atoms with van der Waals surface area (Å²) in [5.41, 5.74) is 6.25. The van der Waals surface area contributed by atoms with Crippen molar-refractivity contribution < 1.29 is 14.3 Å². The SMILES string of the molecule is C[C@@H](CN)NC(=O)COc1cccc(N2CCCC2=O)c1.Cl. The largest absolute Gasteiger partial charge is 0.484 e. The topological polar surface area (TPSA) is 84.7 Å². The summed E-state index contributed by atoms with van der Waals surface area (Å²) in [5, 5.41) is 2.72. The quantitative estimate of drug-likeness (QED) is 0.818. The number of carbonyl (C=O) groups excluding carboxylic acids is 2. The molecule has 6 nitrogen and oxygen atoms in total. The monoisotopic (exact) mass is 327 g/mol. The van der Waals surface area contributed by atoms with Gasteiger partial charge in [0.15, 0.2) is 6.61 Å². The van der Waals surface area contributed by atoms with Gasteiger partial charge >= 0.3 is 0 Å². The van der Waals surface area contributed by atoms with E-state index in [9.17, 15) is 9.59 Å². The van der Waals surface area contributed by atoms with Crippen LogP contribution in [0.15, 0.2) is 24.3 Å². The van der Waals surface area contributed by atoms with Crippen LogP contribution in [0.5, 0.6) is 5.75 Å². The third-order valence-corrected chi connectivity index (χ3v) is 3.33. The normalized spacial score (nSPS) is 15.2. The first kappa shape index (κ1) is 18.3. The van der Waals surface area contributed by atoms with Gasteiger partial charge in [-0.15, -0.1) is 12.4 Å². The average Bonchev–Trinajstić information content (AvgIpc) is 2.91. The van der Waals surface area contributed by atoms with Gasteiger partial charge < -0.3 is 20.7 Å². The van der Waals surface area contributed by atoms with Crippen molar-refractivity contribution in [3.05, 3.63) is 24.3 Å². The van der Waals surface area contributed by atoms with Crippen LogP contribution in [0.1, 0.15) is 19.8 Å². The molecule has 1 heterocycles. The van der Waals surface area contributed by atoms with Crippen LogP contribution in [0.3, 0.4) is 0 Å². The van der Waals surface area contributed by atoms with Gasteiger partial charge in [0.05, 0.1) is 0 Å². The Labute approximate surface area is 136 Å². The van der Waals surface area contributed by atoms with Crippen LogP contribution in [-0.4, -0.2) is 37.6 Å². The molecule has 2 rings (SSSR count). The van der Waals surface area contributed by atoms with E-state index >= 15 is 0 Å². The highest BCUT2D eigenvalue weighted by Gasteiger charge is 2.21. The summed E-state index contributed by atoms with van der Waals surface area (Å²) in [6.45, 7) is 2.88. The number of anilines is 1. The molecule has 0 spiro atoms. The second-order valence-electron chi connectivity index (χ2n) is 5.14. The van der Waals surface area contributed by atoms with E-state index in [1.165, 1.54) is 0 Å². The highest BCUT2D eigenvalue weighted by Crippen LogP contribution is 2.25. The van der Waals surface area contributed by atoms with Crippen molar-refractivity contribution in [2.75, 3.05) is 24.6 Å². The zero-order chi connectivity index (χ0) is 15.2. The Morgan fingerprint density at radius 3 is 2.91 bits per heavy atom. The molecule has 7 heteroatoms. The smallest absolute Gasteiger partial charge is 0.258 e. The van der Waals surface area contributed by atoms with E-state index in [-0.39, 0.29) is 36.9 Å². The van der Waals surface area contributed by atoms with Gasteiger partial charge in [-0.3, -0.25) is 9.59 Å². The Balaban J connectivity index is 0.00000242. The number of carbonyl (C=O) groups is 2. The molecule has 1 aliphatic rings. The average molecular weight is 328 g/mol. The Kier molecular flexibility index (Phi) is 7.14. The Morgan fingerprint density at radius 2 is 2.27 bits per heavy atom. The van der Waals surface area contributed by atoms with E-state index in [4.69, 9.17) is 10.5 Å². The van der Waals surface area contributed by atoms with Crippen molar-refractivity contribution in [1.29, 1.82) is 0 Å². The van der Waals surface area contributed by atoms with Gasteiger partial charge in [-0.25, -0.2) is 0 Å². The van der Waals surface area contributed by atoms with E-state index < -0.39 is 0 Å². The van der Waals surface area contributed by atoms with Crippen molar-refractivity contribution in [3.8, 4) is 5.75 Å². The number of nitrogens with zero attached hydrogens (tertiary/aromatic N) is 1. The van der Waals surface area contributed by atoms with Gasteiger partial charge in [0.2, 0.25) is 5.91 Å². The third-order valence-electron chi connectivity index (χ3n) is 3.33. The first-order valence-electron chi connectivity index (χ1n) is 7.13. The minimum Gasteiger partial charge on any atom is -0.484 e. The van der Waals surface area contributed by atoms with Gasteiger partial charge in [0.25, 0.3) is 5.91 Å². The highest BCUT2D eigenvalue weighted by molar-refractivity contribution is 5.95. The van der Waals surface area contributed by atoms with E-state index in [1.54, 1.807) is 17.0 Å². The van der Waals surface area contributed by atoms with Crippen LogP contribution >= 0.6 is 12.4 Å². The first-order chi connectivity index (χ1) is 10.1. The van der Waals surface area contributed by atoms with Crippen molar-refractivity contribution >= 4 is 29.9 Å². The minimum atomic E-state index is -0.212. The molecule has 0 unspecified atom stereocenters. The molecule has 0 bridgehead atoms. The fraction of sp³-hybridized carbons (Fsp3) is 0.467. The number of halogens is 1. The lowest BCUT2D eigenvalue weighted by atomic mass is 10.3. The lowest BCUT2D eigenvalue weighted by Crippen LogP contribution is -2.40. The Hall–Kier alpha value is -1.79. The standard InChI is InChI=1S/C15H21N3O3.ClH/c1-11(9-16)17-14(19)10-21-13-5-2-4-12(8-13)18-7-3-6-15(18)20;/h2,4-5,8,11H,3,6-7,9-10,16H2,1H3,(H,17,19);1H/t11-;/m0./s1. The molecule has 122 valence electrons. The summed E-state index contributed by atoms with van der Waals surface area (Å²) in [7, 11) is 0. The molecular weight excluding hydrogens is 306 g/mol. The predicted molar refractivity (Wildman–Crippen MR) is 87.4 cm³/mol. The Morgan fingerprint density at radius 1 is 1.50 bits per heavy atom. The van der Waals surface area contributed by atoms with Gasteiger partial charge in [0, 0.05) is 37.3 Å². The summed E-state index contributed by atoms with van der Waals surface area (Å²) in [6, 6.07) is 7.16. The number of rotatable bonds is 6. The van der Waals surface area contributed by atoms with Crippen LogP contribution in [0, 0.1) is 0 Å². The summed E-state index contributed by atoms with van der Waals surface area (Å²) in [5.74, 6) is 0.486. The molecule has 0 radical (unpaired) electrons. The second-order valence-corrected chi connectivity index (χ2v) is 5.14. The zero-order valence-electron chi connectivity index (χ0n) is 12.6. The summed E-state index contributed by atoms with van der Waals surface area (Å²) in [4.78, 5) is 25.1. The van der Waals surface area contributed by atoms with Crippen LogP contribution in [0.25, 0.3) is 0 Å². The minimum absolute atomic E-state index is 0. The summed E-state index contributed by atoms with van der Waals surface area (Å²) >= 11 is 0. The molecule has 1 aromatic rings. The molecule has 1 atom stereocenters. The van der Waals surface area contributed by atoms with Gasteiger partial charge in [-0.05, 0) is 25.5 Å².